The summed E-state index contributed by atoms with van der Waals surface area (Å²) in [6.07, 6.45) is 1.68. The Morgan fingerprint density at radius 1 is 1.62 bits per heavy atom. The standard InChI is InChI=1S/C8H7N3O2/c9-6-5(8(12)13)3-4-1-2-10-7(4)11-6/h1-3H,(H,12,13)(H3,9,10,11). The zero-order chi connectivity index (χ0) is 9.42. The van der Waals surface area contributed by atoms with E-state index in [4.69, 9.17) is 10.8 Å². The molecule has 2 aromatic heterocycles. The second-order valence-electron chi connectivity index (χ2n) is 2.64. The fourth-order valence-corrected chi connectivity index (χ4v) is 1.17. The van der Waals surface area contributed by atoms with Crippen LogP contribution in [0.25, 0.3) is 11.0 Å². The summed E-state index contributed by atoms with van der Waals surface area (Å²) in [7, 11) is 0. The van der Waals surface area contributed by atoms with Crippen molar-refractivity contribution in [3.63, 3.8) is 0 Å². The number of nitrogens with zero attached hydrogens (tertiary/aromatic N) is 1. The van der Waals surface area contributed by atoms with Crippen molar-refractivity contribution in [2.45, 2.75) is 0 Å². The van der Waals surface area contributed by atoms with Gasteiger partial charge in [0.15, 0.2) is 0 Å². The molecular weight excluding hydrogens is 170 g/mol. The predicted octanol–water partition coefficient (Wildman–Crippen LogP) is 0.843. The van der Waals surface area contributed by atoms with E-state index in [1.54, 1.807) is 12.3 Å². The van der Waals surface area contributed by atoms with Gasteiger partial charge in [-0.2, -0.15) is 0 Å². The maximum Gasteiger partial charge on any atom is 0.339 e. The first-order chi connectivity index (χ1) is 6.18. The van der Waals surface area contributed by atoms with Crippen LogP contribution in [0.1, 0.15) is 10.4 Å². The molecule has 0 atom stereocenters. The minimum absolute atomic E-state index is 0.0300. The van der Waals surface area contributed by atoms with Gasteiger partial charge in [-0.15, -0.1) is 0 Å². The lowest BCUT2D eigenvalue weighted by Crippen LogP contribution is -2.04. The third-order valence-electron chi connectivity index (χ3n) is 1.79. The van der Waals surface area contributed by atoms with Crippen LogP contribution < -0.4 is 5.73 Å². The van der Waals surface area contributed by atoms with Crippen LogP contribution in [0.2, 0.25) is 0 Å². The number of anilines is 1. The summed E-state index contributed by atoms with van der Waals surface area (Å²) >= 11 is 0. The molecule has 13 heavy (non-hydrogen) atoms. The van der Waals surface area contributed by atoms with E-state index < -0.39 is 5.97 Å². The largest absolute Gasteiger partial charge is 0.478 e. The van der Waals surface area contributed by atoms with Crippen molar-refractivity contribution < 1.29 is 9.90 Å². The molecule has 66 valence electrons. The molecule has 0 unspecified atom stereocenters. The fourth-order valence-electron chi connectivity index (χ4n) is 1.17. The van der Waals surface area contributed by atoms with E-state index in [9.17, 15) is 4.79 Å². The van der Waals surface area contributed by atoms with Gasteiger partial charge in [0.2, 0.25) is 0 Å². The van der Waals surface area contributed by atoms with E-state index in [0.717, 1.165) is 5.39 Å². The number of aromatic amines is 1. The van der Waals surface area contributed by atoms with Crippen LogP contribution in [-0.2, 0) is 0 Å². The molecule has 4 N–H and O–H groups in total. The number of nitrogens with one attached hydrogen (secondary N) is 1. The maximum absolute atomic E-state index is 10.7. The van der Waals surface area contributed by atoms with E-state index >= 15 is 0 Å². The predicted molar refractivity (Wildman–Crippen MR) is 47.5 cm³/mol. The molecule has 0 aliphatic carbocycles. The van der Waals surface area contributed by atoms with Crippen molar-refractivity contribution in [3.05, 3.63) is 23.9 Å². The Balaban J connectivity index is 2.76. The van der Waals surface area contributed by atoms with Crippen molar-refractivity contribution in [3.8, 4) is 0 Å². The van der Waals surface area contributed by atoms with Crippen molar-refractivity contribution >= 4 is 22.8 Å². The normalized spacial score (nSPS) is 10.5. The van der Waals surface area contributed by atoms with Gasteiger partial charge in [-0.05, 0) is 12.1 Å². The first-order valence-electron chi connectivity index (χ1n) is 3.65. The zero-order valence-corrected chi connectivity index (χ0v) is 6.61. The molecule has 2 heterocycles. The Hall–Kier alpha value is -2.04. The highest BCUT2D eigenvalue weighted by atomic mass is 16.4. The number of aromatic carboxylic acids is 1. The molecule has 0 radical (unpaired) electrons. The molecule has 0 amide bonds. The molecule has 2 rings (SSSR count). The Kier molecular flexibility index (Phi) is 1.45. The minimum atomic E-state index is -1.06. The zero-order valence-electron chi connectivity index (χ0n) is 6.61. The number of hydrogen-bond donors (Lipinski definition) is 3. The number of pyridine rings is 1. The fraction of sp³-hybridized carbons (Fsp3) is 0. The second kappa shape index (κ2) is 2.48. The molecule has 5 nitrogen and oxygen atoms in total. The van der Waals surface area contributed by atoms with Crippen LogP contribution in [0.5, 0.6) is 0 Å². The molecule has 0 bridgehead atoms. The lowest BCUT2D eigenvalue weighted by molar-refractivity contribution is 0.0698. The molecule has 0 aromatic carbocycles. The summed E-state index contributed by atoms with van der Waals surface area (Å²) < 4.78 is 0. The smallest absolute Gasteiger partial charge is 0.339 e. The number of aromatic nitrogens is 2. The summed E-state index contributed by atoms with van der Waals surface area (Å²) in [4.78, 5) is 17.4. The van der Waals surface area contributed by atoms with Gasteiger partial charge in [0.1, 0.15) is 17.0 Å². The number of H-pyrrole nitrogens is 1. The highest BCUT2D eigenvalue weighted by Gasteiger charge is 2.10. The summed E-state index contributed by atoms with van der Waals surface area (Å²) in [6.45, 7) is 0. The van der Waals surface area contributed by atoms with E-state index in [1.807, 2.05) is 0 Å². The first-order valence-corrected chi connectivity index (χ1v) is 3.65. The minimum Gasteiger partial charge on any atom is -0.478 e. The highest BCUT2D eigenvalue weighted by Crippen LogP contribution is 2.16. The van der Waals surface area contributed by atoms with E-state index in [0.29, 0.717) is 5.65 Å². The van der Waals surface area contributed by atoms with E-state index in [2.05, 4.69) is 9.97 Å². The summed E-state index contributed by atoms with van der Waals surface area (Å²) in [5.41, 5.74) is 6.07. The average Bonchev–Trinajstić information content (AvgIpc) is 2.48. The van der Waals surface area contributed by atoms with Gasteiger partial charge in [0.05, 0.1) is 0 Å². The third kappa shape index (κ3) is 1.10. The van der Waals surface area contributed by atoms with Crippen molar-refractivity contribution in [2.24, 2.45) is 0 Å². The summed E-state index contributed by atoms with van der Waals surface area (Å²) in [6, 6.07) is 3.24. The van der Waals surface area contributed by atoms with Crippen molar-refractivity contribution in [1.82, 2.24) is 9.97 Å². The van der Waals surface area contributed by atoms with Crippen LogP contribution in [0, 0.1) is 0 Å². The van der Waals surface area contributed by atoms with Gasteiger partial charge >= 0.3 is 5.97 Å². The summed E-state index contributed by atoms with van der Waals surface area (Å²) in [5.74, 6) is -1.03. The van der Waals surface area contributed by atoms with Crippen LogP contribution in [0.3, 0.4) is 0 Å². The van der Waals surface area contributed by atoms with E-state index in [-0.39, 0.29) is 11.4 Å². The average molecular weight is 177 g/mol. The van der Waals surface area contributed by atoms with Gasteiger partial charge in [-0.1, -0.05) is 0 Å². The Bertz CT molecular complexity index is 475. The Morgan fingerprint density at radius 2 is 2.38 bits per heavy atom. The Labute approximate surface area is 73.2 Å². The molecule has 2 aromatic rings. The number of carboxylic acids is 1. The highest BCUT2D eigenvalue weighted by molar-refractivity contribution is 5.96. The number of nitrogen functional groups attached to an aromatic ring is 1. The van der Waals surface area contributed by atoms with Gasteiger partial charge in [-0.3, -0.25) is 0 Å². The third-order valence-corrected chi connectivity index (χ3v) is 1.79. The molecule has 5 heteroatoms. The quantitative estimate of drug-likeness (QED) is 0.601. The van der Waals surface area contributed by atoms with Crippen molar-refractivity contribution in [1.29, 1.82) is 0 Å². The summed E-state index contributed by atoms with van der Waals surface area (Å²) in [5, 5.41) is 9.47. The number of hydrogen-bond acceptors (Lipinski definition) is 3. The molecule has 0 aliphatic heterocycles. The number of rotatable bonds is 1. The van der Waals surface area contributed by atoms with Gasteiger partial charge in [-0.25, -0.2) is 9.78 Å². The first kappa shape index (κ1) is 7.60. The molecule has 0 aliphatic rings. The number of carbonyl (C=O) groups is 1. The van der Waals surface area contributed by atoms with Crippen LogP contribution in [-0.4, -0.2) is 21.0 Å². The molecule has 0 fully saturated rings. The van der Waals surface area contributed by atoms with E-state index in [1.165, 1.54) is 6.07 Å². The van der Waals surface area contributed by atoms with Gasteiger partial charge < -0.3 is 15.8 Å². The van der Waals surface area contributed by atoms with Crippen LogP contribution in [0.15, 0.2) is 18.3 Å². The Morgan fingerprint density at radius 3 is 3.08 bits per heavy atom. The van der Waals surface area contributed by atoms with Crippen molar-refractivity contribution in [2.75, 3.05) is 5.73 Å². The van der Waals surface area contributed by atoms with Gasteiger partial charge in [0, 0.05) is 11.6 Å². The molecule has 0 saturated carbocycles. The lowest BCUT2D eigenvalue weighted by Gasteiger charge is -1.98. The number of fused-ring (bicyclic) bond motifs is 1. The SMILES string of the molecule is Nc1nc2[nH]ccc2cc1C(=O)O. The topological polar surface area (TPSA) is 92.0 Å². The molecule has 0 saturated heterocycles. The lowest BCUT2D eigenvalue weighted by atomic mass is 10.2. The second-order valence-corrected chi connectivity index (χ2v) is 2.64. The van der Waals surface area contributed by atoms with Gasteiger partial charge in [0.25, 0.3) is 0 Å². The number of nitrogens with two attached hydrogens (primary N) is 1. The molecular formula is C8H7N3O2. The maximum atomic E-state index is 10.7. The number of carboxylic acid groups (broad SMARTS) is 1. The monoisotopic (exact) mass is 177 g/mol. The van der Waals surface area contributed by atoms with Crippen LogP contribution in [0.4, 0.5) is 5.82 Å². The van der Waals surface area contributed by atoms with Crippen LogP contribution >= 0.6 is 0 Å². The molecule has 0 spiro atoms.